The first-order chi connectivity index (χ1) is 17.2. The van der Waals surface area contributed by atoms with Gasteiger partial charge in [-0.3, -0.25) is 14.6 Å². The van der Waals surface area contributed by atoms with Crippen LogP contribution in [0.5, 0.6) is 5.75 Å². The van der Waals surface area contributed by atoms with Gasteiger partial charge >= 0.3 is 0 Å². The molecule has 2 saturated heterocycles. The molecule has 6 nitrogen and oxygen atoms in total. The number of ether oxygens (including phenoxy) is 1. The average Bonchev–Trinajstić information content (AvgIpc) is 2.90. The van der Waals surface area contributed by atoms with Crippen molar-refractivity contribution in [2.75, 3.05) is 46.4 Å². The number of rotatable bonds is 7. The highest BCUT2D eigenvalue weighted by Gasteiger charge is 2.21. The summed E-state index contributed by atoms with van der Waals surface area (Å²) in [4.78, 5) is 17.7. The molecule has 0 aromatic heterocycles. The van der Waals surface area contributed by atoms with E-state index in [1.54, 1.807) is 13.2 Å². The molecule has 3 aromatic rings. The molecule has 0 unspecified atom stereocenters. The molecular weight excluding hydrogens is 543 g/mol. The smallest absolute Gasteiger partial charge is 0.251 e. The largest absolute Gasteiger partial charge is 0.497 e. The van der Waals surface area contributed by atoms with E-state index in [1.807, 2.05) is 18.2 Å². The van der Waals surface area contributed by atoms with Crippen LogP contribution in [0.2, 0.25) is 0 Å². The SMILES string of the molecule is COc1cccc(C(=O)NC2CCN(Cc3ccc4ccc(CN5CCNCC5)cc4c3)CC2)c1.Cl.Cl.Cl. The normalized spacial score (nSPS) is 16.6. The van der Waals surface area contributed by atoms with Crippen LogP contribution in [0, 0.1) is 0 Å². The molecule has 0 atom stereocenters. The van der Waals surface area contributed by atoms with Crippen molar-refractivity contribution < 1.29 is 9.53 Å². The monoisotopic (exact) mass is 580 g/mol. The molecule has 2 N–H and O–H groups in total. The molecule has 0 aliphatic carbocycles. The van der Waals surface area contributed by atoms with Crippen molar-refractivity contribution >= 4 is 53.9 Å². The molecule has 0 saturated carbocycles. The van der Waals surface area contributed by atoms with E-state index in [0.717, 1.165) is 65.2 Å². The topological polar surface area (TPSA) is 56.8 Å². The van der Waals surface area contributed by atoms with Gasteiger partial charge < -0.3 is 15.4 Å². The van der Waals surface area contributed by atoms with Gasteiger partial charge in [-0.05, 0) is 65.1 Å². The number of amides is 1. The van der Waals surface area contributed by atoms with Crippen molar-refractivity contribution in [1.29, 1.82) is 0 Å². The highest BCUT2D eigenvalue weighted by atomic mass is 35.5. The van der Waals surface area contributed by atoms with E-state index < -0.39 is 0 Å². The number of nitrogens with zero attached hydrogens (tertiary/aromatic N) is 2. The van der Waals surface area contributed by atoms with Crippen molar-refractivity contribution in [1.82, 2.24) is 20.4 Å². The summed E-state index contributed by atoms with van der Waals surface area (Å²) in [5.41, 5.74) is 3.40. The second-order valence-corrected chi connectivity index (χ2v) is 9.80. The molecule has 3 aromatic carbocycles. The number of nitrogens with one attached hydrogen (secondary N) is 2. The summed E-state index contributed by atoms with van der Waals surface area (Å²) in [6.07, 6.45) is 1.94. The van der Waals surface area contributed by atoms with Crippen molar-refractivity contribution in [3.05, 3.63) is 77.4 Å². The predicted octanol–water partition coefficient (Wildman–Crippen LogP) is 4.91. The molecule has 0 bridgehead atoms. The Kier molecular flexibility index (Phi) is 13.1. The van der Waals surface area contributed by atoms with Crippen molar-refractivity contribution in [2.45, 2.75) is 32.0 Å². The summed E-state index contributed by atoms with van der Waals surface area (Å²) in [7, 11) is 1.62. The number of benzene rings is 3. The highest BCUT2D eigenvalue weighted by molar-refractivity contribution is 5.94. The van der Waals surface area contributed by atoms with Gasteiger partial charge in [0.2, 0.25) is 0 Å². The number of carbonyl (C=O) groups excluding carboxylic acids is 1. The van der Waals surface area contributed by atoms with Crippen molar-refractivity contribution in [3.63, 3.8) is 0 Å². The van der Waals surface area contributed by atoms with E-state index in [1.165, 1.54) is 21.9 Å². The van der Waals surface area contributed by atoms with Gasteiger partial charge in [0.05, 0.1) is 7.11 Å². The highest BCUT2D eigenvalue weighted by Crippen LogP contribution is 2.22. The quantitative estimate of drug-likeness (QED) is 0.415. The van der Waals surface area contributed by atoms with Crippen LogP contribution in [-0.2, 0) is 13.1 Å². The molecule has 1 amide bonds. The van der Waals surface area contributed by atoms with Crippen LogP contribution in [0.15, 0.2) is 60.7 Å². The third kappa shape index (κ3) is 8.47. The molecule has 2 aliphatic heterocycles. The van der Waals surface area contributed by atoms with Gasteiger partial charge in [-0.25, -0.2) is 0 Å². The Bertz CT molecular complexity index is 1170. The summed E-state index contributed by atoms with van der Waals surface area (Å²) in [5.74, 6) is 0.687. The van der Waals surface area contributed by atoms with E-state index in [4.69, 9.17) is 4.74 Å². The second kappa shape index (κ2) is 15.5. The van der Waals surface area contributed by atoms with E-state index in [0.29, 0.717) is 11.3 Å². The van der Waals surface area contributed by atoms with Gasteiger partial charge in [0.15, 0.2) is 0 Å². The molecule has 5 rings (SSSR count). The van der Waals surface area contributed by atoms with Crippen LogP contribution in [0.1, 0.15) is 34.3 Å². The number of carbonyl (C=O) groups is 1. The minimum absolute atomic E-state index is 0. The zero-order valence-electron chi connectivity index (χ0n) is 21.9. The number of likely N-dealkylation sites (tertiary alicyclic amines) is 1. The van der Waals surface area contributed by atoms with Crippen LogP contribution in [0.25, 0.3) is 10.8 Å². The first-order valence-electron chi connectivity index (χ1n) is 12.8. The zero-order valence-corrected chi connectivity index (χ0v) is 24.3. The first kappa shape index (κ1) is 32.2. The fourth-order valence-electron chi connectivity index (χ4n) is 5.20. The van der Waals surface area contributed by atoms with Gasteiger partial charge in [-0.2, -0.15) is 0 Å². The molecule has 0 radical (unpaired) electrons. The Balaban J connectivity index is 0.00000169. The first-order valence-corrected chi connectivity index (χ1v) is 12.8. The minimum atomic E-state index is -0.0199. The molecule has 9 heteroatoms. The Morgan fingerprint density at radius 3 is 2.05 bits per heavy atom. The van der Waals surface area contributed by atoms with Crippen molar-refractivity contribution in [2.24, 2.45) is 0 Å². The lowest BCUT2D eigenvalue weighted by Crippen LogP contribution is -2.44. The molecular formula is C29H39Cl3N4O2. The number of halogens is 3. The third-order valence-corrected chi connectivity index (χ3v) is 7.25. The number of hydrogen-bond donors (Lipinski definition) is 2. The maximum absolute atomic E-state index is 12.6. The third-order valence-electron chi connectivity index (χ3n) is 7.25. The Labute approximate surface area is 244 Å². The molecule has 2 fully saturated rings. The number of piperazine rings is 1. The number of fused-ring (bicyclic) bond motifs is 1. The zero-order chi connectivity index (χ0) is 24.0. The van der Waals surface area contributed by atoms with Gasteiger partial charge in [-0.1, -0.05) is 30.3 Å². The lowest BCUT2D eigenvalue weighted by Gasteiger charge is -2.32. The maximum atomic E-state index is 12.6. The molecule has 2 heterocycles. The fraction of sp³-hybridized carbons (Fsp3) is 0.414. The average molecular weight is 582 g/mol. The Morgan fingerprint density at radius 1 is 0.842 bits per heavy atom. The van der Waals surface area contributed by atoms with Crippen LogP contribution >= 0.6 is 37.2 Å². The van der Waals surface area contributed by atoms with E-state index in [-0.39, 0.29) is 49.2 Å². The minimum Gasteiger partial charge on any atom is -0.497 e. The lowest BCUT2D eigenvalue weighted by atomic mass is 10.0. The predicted molar refractivity (Wildman–Crippen MR) is 163 cm³/mol. The van der Waals surface area contributed by atoms with E-state index >= 15 is 0 Å². The molecule has 208 valence electrons. The summed E-state index contributed by atoms with van der Waals surface area (Å²) in [6.45, 7) is 8.36. The van der Waals surface area contributed by atoms with Gasteiger partial charge in [0.25, 0.3) is 5.91 Å². The Hall–Kier alpha value is -2.06. The van der Waals surface area contributed by atoms with Gasteiger partial charge in [-0.15, -0.1) is 37.2 Å². The summed E-state index contributed by atoms with van der Waals surface area (Å²) in [6, 6.07) is 21.3. The maximum Gasteiger partial charge on any atom is 0.251 e. The summed E-state index contributed by atoms with van der Waals surface area (Å²) >= 11 is 0. The fourth-order valence-corrected chi connectivity index (χ4v) is 5.20. The van der Waals surface area contributed by atoms with Gasteiger partial charge in [0.1, 0.15) is 5.75 Å². The standard InChI is InChI=1S/C29H36N4O2.3ClH/c1-35-28-4-2-3-25(19-28)29(34)31-27-9-13-32(14-10-27)20-22-5-7-24-8-6-23(18-26(24)17-22)21-33-15-11-30-12-16-33;;;/h2-8,17-19,27,30H,9-16,20-21H2,1H3,(H,31,34);3*1H. The van der Waals surface area contributed by atoms with Crippen LogP contribution < -0.4 is 15.4 Å². The summed E-state index contributed by atoms with van der Waals surface area (Å²) < 4.78 is 5.24. The Morgan fingerprint density at radius 2 is 1.45 bits per heavy atom. The summed E-state index contributed by atoms with van der Waals surface area (Å²) in [5, 5.41) is 9.27. The molecule has 0 spiro atoms. The number of piperidine rings is 1. The number of methoxy groups -OCH3 is 1. The van der Waals surface area contributed by atoms with Crippen LogP contribution in [0.4, 0.5) is 0 Å². The van der Waals surface area contributed by atoms with Crippen LogP contribution in [-0.4, -0.2) is 68.1 Å². The number of hydrogen-bond acceptors (Lipinski definition) is 5. The van der Waals surface area contributed by atoms with Crippen LogP contribution in [0.3, 0.4) is 0 Å². The van der Waals surface area contributed by atoms with Gasteiger partial charge in [0, 0.05) is 64.0 Å². The van der Waals surface area contributed by atoms with E-state index in [2.05, 4.69) is 56.8 Å². The lowest BCUT2D eigenvalue weighted by molar-refractivity contribution is 0.0908. The molecule has 2 aliphatic rings. The second-order valence-electron chi connectivity index (χ2n) is 9.80. The van der Waals surface area contributed by atoms with E-state index in [9.17, 15) is 4.79 Å². The molecule has 38 heavy (non-hydrogen) atoms. The van der Waals surface area contributed by atoms with Crippen molar-refractivity contribution in [3.8, 4) is 5.75 Å².